The fraction of sp³-hybridized carbons (Fsp3) is 0.167. The zero-order valence-corrected chi connectivity index (χ0v) is 15.4. The van der Waals surface area contributed by atoms with Crippen molar-refractivity contribution in [2.24, 2.45) is 4.99 Å². The quantitative estimate of drug-likeness (QED) is 0.818. The zero-order chi connectivity index (χ0) is 18.5. The normalized spacial score (nSPS) is 17.8. The first-order chi connectivity index (χ1) is 12.5. The lowest BCUT2D eigenvalue weighted by molar-refractivity contribution is -0.122. The minimum atomic E-state index is -0.529. The number of thioether (sulfide) groups is 1. The van der Waals surface area contributed by atoms with Gasteiger partial charge in [-0.3, -0.25) is 9.59 Å². The van der Waals surface area contributed by atoms with E-state index in [1.807, 2.05) is 12.1 Å². The number of hydrogen-bond donors (Lipinski definition) is 2. The number of carbonyl (C=O) groups is 2. The average Bonchev–Trinajstić information content (AvgIpc) is 2.94. The van der Waals surface area contributed by atoms with E-state index in [9.17, 15) is 9.59 Å². The number of aliphatic imine (C=N–C) groups is 1. The van der Waals surface area contributed by atoms with Crippen molar-refractivity contribution in [2.75, 3.05) is 12.4 Å². The number of methoxy groups -OCH3 is 1. The van der Waals surface area contributed by atoms with Crippen molar-refractivity contribution in [1.29, 1.82) is 0 Å². The van der Waals surface area contributed by atoms with Crippen LogP contribution in [0.3, 0.4) is 0 Å². The Morgan fingerprint density at radius 1 is 1.31 bits per heavy atom. The summed E-state index contributed by atoms with van der Waals surface area (Å²) in [5, 5.41) is 5.90. The second-order valence-corrected chi connectivity index (χ2v) is 7.10. The maximum atomic E-state index is 12.2. The van der Waals surface area contributed by atoms with E-state index in [1.165, 1.54) is 11.8 Å². The van der Waals surface area contributed by atoms with Gasteiger partial charge in [0, 0.05) is 23.2 Å². The number of halogens is 1. The van der Waals surface area contributed by atoms with E-state index in [0.29, 0.717) is 27.3 Å². The lowest BCUT2D eigenvalue weighted by Gasteiger charge is -2.07. The molecule has 0 aliphatic carbocycles. The van der Waals surface area contributed by atoms with Gasteiger partial charge in [0.1, 0.15) is 11.0 Å². The number of carbonyl (C=O) groups excluding carboxylic acids is 2. The van der Waals surface area contributed by atoms with Crippen LogP contribution in [0, 0.1) is 0 Å². The van der Waals surface area contributed by atoms with Crippen LogP contribution in [0.15, 0.2) is 53.5 Å². The summed E-state index contributed by atoms with van der Waals surface area (Å²) in [6.07, 6.45) is 0.0418. The SMILES string of the molecule is COc1cccc(N=C2NC(=O)[C@@H](CC(=O)Nc3cccc(Cl)c3)S2)c1. The van der Waals surface area contributed by atoms with Crippen molar-refractivity contribution in [2.45, 2.75) is 11.7 Å². The van der Waals surface area contributed by atoms with E-state index in [-0.39, 0.29) is 18.2 Å². The number of rotatable bonds is 5. The zero-order valence-electron chi connectivity index (χ0n) is 13.9. The van der Waals surface area contributed by atoms with Crippen molar-refractivity contribution < 1.29 is 14.3 Å². The minimum absolute atomic E-state index is 0.0418. The second-order valence-electron chi connectivity index (χ2n) is 5.48. The highest BCUT2D eigenvalue weighted by Gasteiger charge is 2.32. The molecule has 0 bridgehead atoms. The predicted octanol–water partition coefficient (Wildman–Crippen LogP) is 3.60. The first-order valence-corrected chi connectivity index (χ1v) is 9.05. The summed E-state index contributed by atoms with van der Waals surface area (Å²) in [5.74, 6) is 0.180. The number of ether oxygens (including phenoxy) is 1. The average molecular weight is 390 g/mol. The molecule has 2 amide bonds. The summed E-state index contributed by atoms with van der Waals surface area (Å²) in [5.41, 5.74) is 1.26. The maximum absolute atomic E-state index is 12.2. The Morgan fingerprint density at radius 3 is 2.88 bits per heavy atom. The molecule has 0 unspecified atom stereocenters. The molecule has 3 rings (SSSR count). The number of anilines is 1. The Hall–Kier alpha value is -2.51. The van der Waals surface area contributed by atoms with Crippen LogP contribution in [0.1, 0.15) is 6.42 Å². The van der Waals surface area contributed by atoms with Crippen LogP contribution < -0.4 is 15.4 Å². The van der Waals surface area contributed by atoms with Crippen molar-refractivity contribution in [3.8, 4) is 5.75 Å². The number of nitrogens with one attached hydrogen (secondary N) is 2. The van der Waals surface area contributed by atoms with Gasteiger partial charge in [-0.05, 0) is 30.3 Å². The summed E-state index contributed by atoms with van der Waals surface area (Å²) >= 11 is 7.13. The van der Waals surface area contributed by atoms with Crippen LogP contribution in [0.5, 0.6) is 5.75 Å². The van der Waals surface area contributed by atoms with Crippen LogP contribution in [-0.4, -0.2) is 29.3 Å². The molecule has 0 saturated carbocycles. The fourth-order valence-corrected chi connectivity index (χ4v) is 3.51. The molecule has 2 aromatic carbocycles. The predicted molar refractivity (Wildman–Crippen MR) is 104 cm³/mol. The van der Waals surface area contributed by atoms with Crippen molar-refractivity contribution in [3.63, 3.8) is 0 Å². The molecule has 0 aromatic heterocycles. The summed E-state index contributed by atoms with van der Waals surface area (Å²) in [6, 6.07) is 14.0. The van der Waals surface area contributed by atoms with Crippen LogP contribution in [0.2, 0.25) is 5.02 Å². The van der Waals surface area contributed by atoms with E-state index >= 15 is 0 Å². The molecular formula is C18H16ClN3O3S. The molecule has 8 heteroatoms. The van der Waals surface area contributed by atoms with Gasteiger partial charge in [-0.15, -0.1) is 0 Å². The third kappa shape index (κ3) is 4.77. The Balaban J connectivity index is 1.62. The standard InChI is InChI=1S/C18H16ClN3O3S/c1-25-14-7-3-6-13(9-14)21-18-22-17(24)15(26-18)10-16(23)20-12-5-2-4-11(19)8-12/h2-9,15H,10H2,1H3,(H,20,23)(H,21,22,24)/t15-/m1/s1. The first-order valence-electron chi connectivity index (χ1n) is 7.79. The molecule has 134 valence electrons. The van der Waals surface area contributed by atoms with Crippen LogP contribution in [0.4, 0.5) is 11.4 Å². The Labute approximate surface area is 160 Å². The molecule has 2 N–H and O–H groups in total. The molecule has 2 aromatic rings. The van der Waals surface area contributed by atoms with Gasteiger partial charge in [-0.25, -0.2) is 4.99 Å². The minimum Gasteiger partial charge on any atom is -0.497 e. The van der Waals surface area contributed by atoms with E-state index in [1.54, 1.807) is 43.5 Å². The molecule has 1 aliphatic rings. The summed E-state index contributed by atoms with van der Waals surface area (Å²) in [6.45, 7) is 0. The number of hydrogen-bond acceptors (Lipinski definition) is 5. The summed E-state index contributed by atoms with van der Waals surface area (Å²) in [4.78, 5) is 28.7. The van der Waals surface area contributed by atoms with Crippen LogP contribution in [0.25, 0.3) is 0 Å². The maximum Gasteiger partial charge on any atom is 0.240 e. The lowest BCUT2D eigenvalue weighted by Crippen LogP contribution is -2.28. The van der Waals surface area contributed by atoms with Gasteiger partial charge in [0.2, 0.25) is 11.8 Å². The highest BCUT2D eigenvalue weighted by molar-refractivity contribution is 8.15. The Kier molecular flexibility index (Phi) is 5.80. The summed E-state index contributed by atoms with van der Waals surface area (Å²) in [7, 11) is 1.58. The number of amidine groups is 1. The monoisotopic (exact) mass is 389 g/mol. The van der Waals surface area contributed by atoms with Crippen molar-refractivity contribution in [1.82, 2.24) is 5.32 Å². The van der Waals surface area contributed by atoms with E-state index in [0.717, 1.165) is 0 Å². The fourth-order valence-electron chi connectivity index (χ4n) is 2.34. The van der Waals surface area contributed by atoms with Gasteiger partial charge < -0.3 is 15.4 Å². The van der Waals surface area contributed by atoms with Gasteiger partial charge >= 0.3 is 0 Å². The second kappa shape index (κ2) is 8.25. The van der Waals surface area contributed by atoms with Gasteiger partial charge in [0.15, 0.2) is 5.17 Å². The van der Waals surface area contributed by atoms with Crippen molar-refractivity contribution in [3.05, 3.63) is 53.6 Å². The molecule has 6 nitrogen and oxygen atoms in total. The number of amides is 2. The highest BCUT2D eigenvalue weighted by atomic mass is 35.5. The third-order valence-electron chi connectivity index (χ3n) is 3.54. The highest BCUT2D eigenvalue weighted by Crippen LogP contribution is 2.27. The third-order valence-corrected chi connectivity index (χ3v) is 4.86. The largest absolute Gasteiger partial charge is 0.497 e. The molecule has 26 heavy (non-hydrogen) atoms. The molecule has 1 heterocycles. The molecule has 1 atom stereocenters. The first kappa shape index (κ1) is 18.3. The van der Waals surface area contributed by atoms with Crippen LogP contribution in [-0.2, 0) is 9.59 Å². The van der Waals surface area contributed by atoms with Crippen molar-refractivity contribution >= 4 is 51.7 Å². The number of benzene rings is 2. The van der Waals surface area contributed by atoms with Gasteiger partial charge in [-0.2, -0.15) is 0 Å². The molecular weight excluding hydrogens is 374 g/mol. The van der Waals surface area contributed by atoms with Crippen LogP contribution >= 0.6 is 23.4 Å². The molecule has 1 aliphatic heterocycles. The van der Waals surface area contributed by atoms with Gasteiger partial charge in [0.25, 0.3) is 0 Å². The number of nitrogens with zero attached hydrogens (tertiary/aromatic N) is 1. The molecule has 1 fully saturated rings. The summed E-state index contributed by atoms with van der Waals surface area (Å²) < 4.78 is 5.15. The van der Waals surface area contributed by atoms with E-state index in [2.05, 4.69) is 15.6 Å². The molecule has 1 saturated heterocycles. The van der Waals surface area contributed by atoms with Gasteiger partial charge in [0.05, 0.1) is 12.8 Å². The smallest absolute Gasteiger partial charge is 0.240 e. The Bertz CT molecular complexity index is 872. The molecule has 0 radical (unpaired) electrons. The van der Waals surface area contributed by atoms with Gasteiger partial charge in [-0.1, -0.05) is 35.5 Å². The van der Waals surface area contributed by atoms with E-state index in [4.69, 9.17) is 16.3 Å². The Morgan fingerprint density at radius 2 is 2.12 bits per heavy atom. The topological polar surface area (TPSA) is 79.8 Å². The van der Waals surface area contributed by atoms with E-state index < -0.39 is 5.25 Å². The molecule has 0 spiro atoms. The lowest BCUT2D eigenvalue weighted by atomic mass is 10.2.